The maximum absolute atomic E-state index is 2.64. The van der Waals surface area contributed by atoms with Crippen LogP contribution in [-0.4, -0.2) is 48.1 Å². The molecule has 0 radical (unpaired) electrons. The molecule has 2 aromatic carbocycles. The second kappa shape index (κ2) is 9.66. The Balaban J connectivity index is 1.50. The Morgan fingerprint density at radius 3 is 1.80 bits per heavy atom. The lowest BCUT2D eigenvalue weighted by Crippen LogP contribution is -2.39. The average Bonchev–Trinajstić information content (AvgIpc) is 2.79. The maximum Gasteiger partial charge on any atom is 0.00530 e. The minimum atomic E-state index is 0.648. The van der Waals surface area contributed by atoms with Crippen molar-refractivity contribution in [2.75, 3.05) is 26.2 Å². The van der Waals surface area contributed by atoms with Crippen LogP contribution in [0, 0.1) is 0 Å². The largest absolute Gasteiger partial charge is 0.301 e. The van der Waals surface area contributed by atoms with Crippen LogP contribution in [0.2, 0.25) is 0 Å². The molecule has 0 aliphatic carbocycles. The molecule has 0 saturated carbocycles. The van der Waals surface area contributed by atoms with Crippen LogP contribution < -0.4 is 0 Å². The van der Waals surface area contributed by atoms with Gasteiger partial charge in [0.15, 0.2) is 0 Å². The first-order chi connectivity index (χ1) is 14.5. The highest BCUT2D eigenvalue weighted by Gasteiger charge is 2.24. The molecule has 2 heteroatoms. The highest BCUT2D eigenvalue weighted by atomic mass is 15.2. The molecule has 2 fully saturated rings. The van der Waals surface area contributed by atoms with Gasteiger partial charge in [-0.05, 0) is 107 Å². The molecule has 0 N–H and O–H groups in total. The molecule has 2 aliphatic heterocycles. The van der Waals surface area contributed by atoms with E-state index < -0.39 is 0 Å². The van der Waals surface area contributed by atoms with E-state index in [4.69, 9.17) is 0 Å². The number of likely N-dealkylation sites (tertiary alicyclic amines) is 2. The Morgan fingerprint density at radius 1 is 0.667 bits per heavy atom. The molecule has 162 valence electrons. The van der Waals surface area contributed by atoms with Crippen LogP contribution >= 0.6 is 0 Å². The van der Waals surface area contributed by atoms with Gasteiger partial charge >= 0.3 is 0 Å². The molecule has 1 atom stereocenters. The van der Waals surface area contributed by atoms with E-state index in [-0.39, 0.29) is 0 Å². The molecule has 2 aliphatic rings. The normalized spacial score (nSPS) is 22.1. The lowest BCUT2D eigenvalue weighted by molar-refractivity contribution is 0.167. The van der Waals surface area contributed by atoms with Crippen LogP contribution in [0.15, 0.2) is 48.5 Å². The summed E-state index contributed by atoms with van der Waals surface area (Å²) in [4.78, 5) is 5.26. The first-order valence-electron chi connectivity index (χ1n) is 12.2. The van der Waals surface area contributed by atoms with Crippen molar-refractivity contribution in [1.82, 2.24) is 9.80 Å². The van der Waals surface area contributed by atoms with Crippen LogP contribution in [0.25, 0.3) is 11.1 Å². The van der Waals surface area contributed by atoms with Crippen molar-refractivity contribution in [2.24, 2.45) is 0 Å². The molecule has 0 spiro atoms. The van der Waals surface area contributed by atoms with E-state index in [0.29, 0.717) is 23.9 Å². The highest BCUT2D eigenvalue weighted by molar-refractivity contribution is 5.65. The predicted octanol–water partition coefficient (Wildman–Crippen LogP) is 6.53. The number of piperidine rings is 2. The number of benzene rings is 2. The van der Waals surface area contributed by atoms with E-state index in [9.17, 15) is 0 Å². The van der Waals surface area contributed by atoms with Crippen LogP contribution in [-0.2, 0) is 0 Å². The zero-order valence-corrected chi connectivity index (χ0v) is 19.5. The van der Waals surface area contributed by atoms with E-state index in [1.807, 2.05) is 0 Å². The highest BCUT2D eigenvalue weighted by Crippen LogP contribution is 2.34. The second-order valence-electron chi connectivity index (χ2n) is 10.1. The number of rotatable bonds is 5. The number of hydrogen-bond donors (Lipinski definition) is 0. The lowest BCUT2D eigenvalue weighted by Gasteiger charge is -2.35. The van der Waals surface area contributed by atoms with Crippen LogP contribution in [0.1, 0.15) is 76.3 Å². The van der Waals surface area contributed by atoms with E-state index in [1.54, 1.807) is 0 Å². The third-order valence-corrected chi connectivity index (χ3v) is 7.49. The number of hydrogen-bond acceptors (Lipinski definition) is 2. The van der Waals surface area contributed by atoms with Gasteiger partial charge in [-0.3, -0.25) is 0 Å². The summed E-state index contributed by atoms with van der Waals surface area (Å²) in [5.74, 6) is 1.38. The third kappa shape index (κ3) is 4.98. The van der Waals surface area contributed by atoms with Gasteiger partial charge in [0.1, 0.15) is 0 Å². The molecular weight excluding hydrogens is 364 g/mol. The molecule has 2 heterocycles. The van der Waals surface area contributed by atoms with Crippen molar-refractivity contribution >= 4 is 0 Å². The Bertz CT molecular complexity index is 817. The average molecular weight is 405 g/mol. The van der Waals surface area contributed by atoms with Crippen molar-refractivity contribution in [1.29, 1.82) is 0 Å². The molecule has 4 rings (SSSR count). The summed E-state index contributed by atoms with van der Waals surface area (Å²) in [6.45, 7) is 14.2. The van der Waals surface area contributed by atoms with Crippen LogP contribution in [0.3, 0.4) is 0 Å². The molecule has 0 aromatic heterocycles. The first kappa shape index (κ1) is 21.6. The minimum absolute atomic E-state index is 0.648. The summed E-state index contributed by atoms with van der Waals surface area (Å²) >= 11 is 0. The van der Waals surface area contributed by atoms with E-state index in [1.165, 1.54) is 74.1 Å². The van der Waals surface area contributed by atoms with Crippen LogP contribution in [0.5, 0.6) is 0 Å². The Hall–Kier alpha value is -1.64. The Morgan fingerprint density at radius 2 is 1.23 bits per heavy atom. The molecule has 2 saturated heterocycles. The minimum Gasteiger partial charge on any atom is -0.301 e. The van der Waals surface area contributed by atoms with Gasteiger partial charge in [0.2, 0.25) is 0 Å². The fourth-order valence-corrected chi connectivity index (χ4v) is 5.44. The van der Waals surface area contributed by atoms with E-state index in [0.717, 1.165) is 0 Å². The van der Waals surface area contributed by atoms with Gasteiger partial charge < -0.3 is 9.80 Å². The summed E-state index contributed by atoms with van der Waals surface area (Å²) < 4.78 is 0. The summed E-state index contributed by atoms with van der Waals surface area (Å²) in [5, 5.41) is 0. The molecule has 30 heavy (non-hydrogen) atoms. The van der Waals surface area contributed by atoms with Gasteiger partial charge in [0, 0.05) is 18.6 Å². The zero-order chi connectivity index (χ0) is 21.1. The van der Waals surface area contributed by atoms with Crippen molar-refractivity contribution in [3.8, 4) is 11.1 Å². The fraction of sp³-hybridized carbons (Fsp3) is 0.571. The molecule has 0 amide bonds. The fourth-order valence-electron chi connectivity index (χ4n) is 5.44. The SMILES string of the molecule is CC(C)N1CCC(c2cccc(-c3cccc(C4CCCN(C(C)C)C4)c3)c2)CC1. The van der Waals surface area contributed by atoms with E-state index in [2.05, 4.69) is 86.0 Å². The summed E-state index contributed by atoms with van der Waals surface area (Å²) in [5.41, 5.74) is 5.83. The molecule has 2 nitrogen and oxygen atoms in total. The summed E-state index contributed by atoms with van der Waals surface area (Å²) in [7, 11) is 0. The van der Waals surface area contributed by atoms with Gasteiger partial charge in [-0.15, -0.1) is 0 Å². The standard InChI is InChI=1S/C28H40N2/c1-21(2)29-16-13-23(14-17-29)24-8-5-9-25(18-24)26-10-6-11-27(19-26)28-12-7-15-30(20-28)22(3)4/h5-6,8-11,18-19,21-23,28H,7,12-17,20H2,1-4H3. The van der Waals surface area contributed by atoms with E-state index >= 15 is 0 Å². The van der Waals surface area contributed by atoms with Gasteiger partial charge in [0.05, 0.1) is 0 Å². The lowest BCUT2D eigenvalue weighted by atomic mass is 9.86. The Kier molecular flexibility index (Phi) is 6.95. The monoisotopic (exact) mass is 404 g/mol. The van der Waals surface area contributed by atoms with Crippen LogP contribution in [0.4, 0.5) is 0 Å². The maximum atomic E-state index is 2.64. The number of nitrogens with zero attached hydrogens (tertiary/aromatic N) is 2. The quantitative estimate of drug-likeness (QED) is 0.559. The van der Waals surface area contributed by atoms with Crippen molar-refractivity contribution in [2.45, 2.75) is 77.3 Å². The van der Waals surface area contributed by atoms with Gasteiger partial charge in [-0.1, -0.05) is 48.5 Å². The van der Waals surface area contributed by atoms with Gasteiger partial charge in [-0.2, -0.15) is 0 Å². The molecule has 2 aromatic rings. The topological polar surface area (TPSA) is 6.48 Å². The van der Waals surface area contributed by atoms with Crippen molar-refractivity contribution < 1.29 is 0 Å². The zero-order valence-electron chi connectivity index (χ0n) is 19.5. The molecule has 0 bridgehead atoms. The second-order valence-corrected chi connectivity index (χ2v) is 10.1. The Labute approximate surface area is 184 Å². The summed E-state index contributed by atoms with van der Waals surface area (Å²) in [6.07, 6.45) is 5.21. The van der Waals surface area contributed by atoms with Crippen molar-refractivity contribution in [3.05, 3.63) is 59.7 Å². The first-order valence-corrected chi connectivity index (χ1v) is 12.2. The third-order valence-electron chi connectivity index (χ3n) is 7.49. The molecular formula is C28H40N2. The smallest absolute Gasteiger partial charge is 0.00530 e. The van der Waals surface area contributed by atoms with Gasteiger partial charge in [-0.25, -0.2) is 0 Å². The molecule has 1 unspecified atom stereocenters. The summed E-state index contributed by atoms with van der Waals surface area (Å²) in [6, 6.07) is 20.1. The van der Waals surface area contributed by atoms with Gasteiger partial charge in [0.25, 0.3) is 0 Å². The van der Waals surface area contributed by atoms with Crippen molar-refractivity contribution in [3.63, 3.8) is 0 Å². The predicted molar refractivity (Wildman–Crippen MR) is 129 cm³/mol.